The van der Waals surface area contributed by atoms with Gasteiger partial charge in [0.2, 0.25) is 0 Å². The van der Waals surface area contributed by atoms with E-state index in [9.17, 15) is 0 Å². The number of halogens is 1. The van der Waals surface area contributed by atoms with Gasteiger partial charge in [0.05, 0.1) is 6.04 Å². The summed E-state index contributed by atoms with van der Waals surface area (Å²) in [4.78, 5) is 0. The summed E-state index contributed by atoms with van der Waals surface area (Å²) in [6.45, 7) is 6.79. The second-order valence-electron chi connectivity index (χ2n) is 8.08. The minimum atomic E-state index is 0.194. The van der Waals surface area contributed by atoms with Crippen LogP contribution in [-0.2, 0) is 5.41 Å². The van der Waals surface area contributed by atoms with Crippen molar-refractivity contribution < 1.29 is 0 Å². The molecule has 1 aliphatic heterocycles. The summed E-state index contributed by atoms with van der Waals surface area (Å²) >= 11 is 6.23. The van der Waals surface area contributed by atoms with Crippen molar-refractivity contribution in [2.24, 2.45) is 5.92 Å². The topological polar surface area (TPSA) is 12.0 Å². The first-order valence-electron chi connectivity index (χ1n) is 8.76. The Balaban J connectivity index is 1.71. The summed E-state index contributed by atoms with van der Waals surface area (Å²) < 4.78 is 0. The van der Waals surface area contributed by atoms with Crippen molar-refractivity contribution in [2.75, 3.05) is 5.32 Å². The molecular formula is C22H24ClN. The zero-order valence-corrected chi connectivity index (χ0v) is 15.3. The third-order valence-electron chi connectivity index (χ3n) is 5.46. The zero-order valence-electron chi connectivity index (χ0n) is 14.5. The van der Waals surface area contributed by atoms with E-state index in [0.29, 0.717) is 17.9 Å². The normalized spacial score (nSPS) is 25.1. The third-order valence-corrected chi connectivity index (χ3v) is 5.70. The Kier molecular flexibility index (Phi) is 3.73. The molecule has 124 valence electrons. The van der Waals surface area contributed by atoms with E-state index in [1.54, 1.807) is 0 Å². The van der Waals surface area contributed by atoms with Crippen LogP contribution in [0.3, 0.4) is 0 Å². The Hall–Kier alpha value is -1.73. The number of hydrogen-bond acceptors (Lipinski definition) is 1. The Morgan fingerprint density at radius 3 is 2.50 bits per heavy atom. The molecule has 0 unspecified atom stereocenters. The number of hydrogen-bond donors (Lipinski definition) is 1. The molecule has 0 saturated carbocycles. The van der Waals surface area contributed by atoms with Crippen LogP contribution in [0.4, 0.5) is 5.69 Å². The van der Waals surface area contributed by atoms with Gasteiger partial charge in [0.1, 0.15) is 0 Å². The molecule has 24 heavy (non-hydrogen) atoms. The van der Waals surface area contributed by atoms with Gasteiger partial charge in [0, 0.05) is 16.6 Å². The van der Waals surface area contributed by atoms with Crippen LogP contribution in [-0.4, -0.2) is 0 Å². The lowest BCUT2D eigenvalue weighted by Gasteiger charge is -2.37. The monoisotopic (exact) mass is 337 g/mol. The predicted octanol–water partition coefficient (Wildman–Crippen LogP) is 6.46. The number of nitrogens with one attached hydrogen (secondary N) is 1. The number of fused-ring (bicyclic) bond motifs is 3. The Morgan fingerprint density at radius 2 is 1.79 bits per heavy atom. The number of allylic oxidation sites excluding steroid dienone is 2. The smallest absolute Gasteiger partial charge is 0.0553 e. The molecule has 2 aromatic rings. The molecule has 0 aromatic heterocycles. The highest BCUT2D eigenvalue weighted by Crippen LogP contribution is 2.50. The highest BCUT2D eigenvalue weighted by Gasteiger charge is 2.37. The molecule has 1 aliphatic carbocycles. The van der Waals surface area contributed by atoms with Crippen LogP contribution < -0.4 is 5.32 Å². The predicted molar refractivity (Wildman–Crippen MR) is 103 cm³/mol. The standard InChI is InChI=1S/C22H24ClN/c1-22(2,3)15-9-7-14(8-10-15)21-18-6-4-5-17(18)19-13-16(23)11-12-20(19)24-21/h4-5,7-13,17-18,21,24H,6H2,1-3H3/t17-,18+,21-/m0/s1. The van der Waals surface area contributed by atoms with Gasteiger partial charge in [-0.2, -0.15) is 0 Å². The maximum absolute atomic E-state index is 6.23. The molecular weight excluding hydrogens is 314 g/mol. The fraction of sp³-hybridized carbons (Fsp3) is 0.364. The van der Waals surface area contributed by atoms with Gasteiger partial charge in [-0.1, -0.05) is 68.8 Å². The average molecular weight is 338 g/mol. The van der Waals surface area contributed by atoms with E-state index in [1.807, 2.05) is 6.07 Å². The van der Waals surface area contributed by atoms with Gasteiger partial charge in [0.25, 0.3) is 0 Å². The molecule has 3 atom stereocenters. The molecule has 0 spiro atoms. The molecule has 0 fully saturated rings. The van der Waals surface area contributed by atoms with Crippen molar-refractivity contribution in [1.29, 1.82) is 0 Å². The molecule has 0 radical (unpaired) electrons. The lowest BCUT2D eigenvalue weighted by molar-refractivity contribution is 0.425. The summed E-state index contributed by atoms with van der Waals surface area (Å²) in [5.74, 6) is 1.03. The van der Waals surface area contributed by atoms with Gasteiger partial charge in [-0.25, -0.2) is 0 Å². The third kappa shape index (κ3) is 2.65. The Morgan fingerprint density at radius 1 is 1.04 bits per heavy atom. The van der Waals surface area contributed by atoms with Crippen LogP contribution in [0, 0.1) is 5.92 Å². The molecule has 0 saturated heterocycles. The second-order valence-corrected chi connectivity index (χ2v) is 8.52. The van der Waals surface area contributed by atoms with Crippen LogP contribution in [0.15, 0.2) is 54.6 Å². The van der Waals surface area contributed by atoms with E-state index < -0.39 is 0 Å². The maximum atomic E-state index is 6.23. The summed E-state index contributed by atoms with van der Waals surface area (Å²) in [6, 6.07) is 15.7. The summed E-state index contributed by atoms with van der Waals surface area (Å²) in [5, 5.41) is 4.59. The van der Waals surface area contributed by atoms with Crippen molar-refractivity contribution >= 4 is 17.3 Å². The summed E-state index contributed by atoms with van der Waals surface area (Å²) in [5.41, 5.74) is 5.51. The fourth-order valence-corrected chi connectivity index (χ4v) is 4.27. The summed E-state index contributed by atoms with van der Waals surface area (Å²) in [7, 11) is 0. The molecule has 4 rings (SSSR count). The van der Waals surface area contributed by atoms with Crippen LogP contribution in [0.1, 0.15) is 55.8 Å². The molecule has 2 aliphatic rings. The number of rotatable bonds is 1. The molecule has 0 bridgehead atoms. The van der Waals surface area contributed by atoms with Gasteiger partial charge < -0.3 is 5.32 Å². The molecule has 1 N–H and O–H groups in total. The van der Waals surface area contributed by atoms with Crippen molar-refractivity contribution in [3.63, 3.8) is 0 Å². The first-order valence-corrected chi connectivity index (χ1v) is 9.14. The molecule has 1 heterocycles. The minimum absolute atomic E-state index is 0.194. The lowest BCUT2D eigenvalue weighted by Crippen LogP contribution is -2.29. The van der Waals surface area contributed by atoms with Crippen LogP contribution in [0.2, 0.25) is 5.02 Å². The Labute approximate surface area is 149 Å². The van der Waals surface area contributed by atoms with Gasteiger partial charge in [-0.05, 0) is 52.6 Å². The summed E-state index contributed by atoms with van der Waals surface area (Å²) in [6.07, 6.45) is 5.80. The average Bonchev–Trinajstić information content (AvgIpc) is 3.03. The van der Waals surface area contributed by atoms with Crippen molar-refractivity contribution in [3.05, 3.63) is 76.3 Å². The van der Waals surface area contributed by atoms with E-state index in [0.717, 1.165) is 11.4 Å². The first-order chi connectivity index (χ1) is 11.4. The number of benzene rings is 2. The van der Waals surface area contributed by atoms with Crippen LogP contribution >= 0.6 is 11.6 Å². The van der Waals surface area contributed by atoms with Gasteiger partial charge in [-0.15, -0.1) is 0 Å². The van der Waals surface area contributed by atoms with Gasteiger partial charge >= 0.3 is 0 Å². The fourth-order valence-electron chi connectivity index (χ4n) is 4.09. The SMILES string of the molecule is CC(C)(C)c1ccc([C@@H]2Nc3ccc(Cl)cc3[C@H]3C=CC[C@H]32)cc1. The highest BCUT2D eigenvalue weighted by molar-refractivity contribution is 6.30. The van der Waals surface area contributed by atoms with Crippen molar-refractivity contribution in [3.8, 4) is 0 Å². The number of anilines is 1. The van der Waals surface area contributed by atoms with E-state index >= 15 is 0 Å². The van der Waals surface area contributed by atoms with Crippen LogP contribution in [0.5, 0.6) is 0 Å². The molecule has 1 nitrogen and oxygen atoms in total. The van der Waals surface area contributed by atoms with E-state index in [2.05, 4.69) is 74.6 Å². The maximum Gasteiger partial charge on any atom is 0.0553 e. The quantitative estimate of drug-likeness (QED) is 0.588. The lowest BCUT2D eigenvalue weighted by atomic mass is 9.76. The van der Waals surface area contributed by atoms with Crippen molar-refractivity contribution in [1.82, 2.24) is 0 Å². The van der Waals surface area contributed by atoms with Crippen LogP contribution in [0.25, 0.3) is 0 Å². The van der Waals surface area contributed by atoms with Gasteiger partial charge in [0.15, 0.2) is 0 Å². The first kappa shape index (κ1) is 15.8. The molecule has 0 amide bonds. The Bertz CT molecular complexity index is 783. The second kappa shape index (κ2) is 5.67. The molecule has 2 aromatic carbocycles. The van der Waals surface area contributed by atoms with Gasteiger partial charge in [-0.3, -0.25) is 0 Å². The largest absolute Gasteiger partial charge is 0.378 e. The van der Waals surface area contributed by atoms with E-state index in [1.165, 1.54) is 22.4 Å². The van der Waals surface area contributed by atoms with E-state index in [4.69, 9.17) is 11.6 Å². The van der Waals surface area contributed by atoms with E-state index in [-0.39, 0.29) is 5.41 Å². The van der Waals surface area contributed by atoms with Crippen molar-refractivity contribution in [2.45, 2.75) is 44.6 Å². The minimum Gasteiger partial charge on any atom is -0.378 e. The highest BCUT2D eigenvalue weighted by atomic mass is 35.5. The molecule has 2 heteroatoms. The zero-order chi connectivity index (χ0) is 16.9.